The lowest BCUT2D eigenvalue weighted by atomic mass is 9.80. The van der Waals surface area contributed by atoms with Crippen molar-refractivity contribution in [2.24, 2.45) is 0 Å². The second kappa shape index (κ2) is 4.72. The summed E-state index contributed by atoms with van der Waals surface area (Å²) in [6.07, 6.45) is 5.31. The van der Waals surface area contributed by atoms with Gasteiger partial charge >= 0.3 is 0 Å². The van der Waals surface area contributed by atoms with Crippen molar-refractivity contribution < 1.29 is 9.50 Å². The molecule has 0 spiro atoms. The molecule has 2 rings (SSSR count). The number of halogens is 2. The van der Waals surface area contributed by atoms with Crippen LogP contribution in [0.5, 0.6) is 0 Å². The average molecular weight is 243 g/mol. The van der Waals surface area contributed by atoms with Crippen molar-refractivity contribution in [1.82, 2.24) is 0 Å². The molecule has 1 aliphatic rings. The van der Waals surface area contributed by atoms with Gasteiger partial charge in [0.15, 0.2) is 0 Å². The highest BCUT2D eigenvalue weighted by molar-refractivity contribution is 6.31. The van der Waals surface area contributed by atoms with Gasteiger partial charge in [-0.1, -0.05) is 43.0 Å². The molecule has 1 aromatic rings. The molecule has 1 saturated carbocycles. The van der Waals surface area contributed by atoms with E-state index in [4.69, 9.17) is 11.6 Å². The molecule has 0 bridgehead atoms. The molecule has 1 aliphatic carbocycles. The van der Waals surface area contributed by atoms with E-state index in [-0.39, 0.29) is 5.02 Å². The summed E-state index contributed by atoms with van der Waals surface area (Å²) in [5.41, 5.74) is 0.0291. The number of hydrogen-bond donors (Lipinski definition) is 1. The summed E-state index contributed by atoms with van der Waals surface area (Å²) in [7, 11) is 0. The number of aliphatic hydroxyl groups is 1. The van der Waals surface area contributed by atoms with Crippen LogP contribution in [0.3, 0.4) is 0 Å². The first kappa shape index (κ1) is 11.9. The van der Waals surface area contributed by atoms with Crippen LogP contribution in [0.15, 0.2) is 18.2 Å². The predicted octanol–water partition coefficient (Wildman–Crippen LogP) is 3.72. The van der Waals surface area contributed by atoms with E-state index in [1.165, 1.54) is 12.5 Å². The minimum Gasteiger partial charge on any atom is -0.390 e. The van der Waals surface area contributed by atoms with Crippen molar-refractivity contribution >= 4 is 11.6 Å². The monoisotopic (exact) mass is 242 g/mol. The van der Waals surface area contributed by atoms with Crippen LogP contribution < -0.4 is 0 Å². The van der Waals surface area contributed by atoms with Crippen molar-refractivity contribution in [2.75, 3.05) is 0 Å². The van der Waals surface area contributed by atoms with Crippen LogP contribution >= 0.6 is 11.6 Å². The van der Waals surface area contributed by atoms with Crippen molar-refractivity contribution in [1.29, 1.82) is 0 Å². The fraction of sp³-hybridized carbons (Fsp3) is 0.538. The Bertz CT molecular complexity index is 372. The Kier molecular flexibility index (Phi) is 3.50. The molecule has 0 atom stereocenters. The molecule has 1 N–H and O–H groups in total. The van der Waals surface area contributed by atoms with Crippen LogP contribution in [0.1, 0.15) is 37.7 Å². The molecule has 0 heterocycles. The molecule has 1 aromatic carbocycles. The molecule has 88 valence electrons. The van der Waals surface area contributed by atoms with Gasteiger partial charge < -0.3 is 5.11 Å². The van der Waals surface area contributed by atoms with Crippen molar-refractivity contribution in [3.63, 3.8) is 0 Å². The van der Waals surface area contributed by atoms with Gasteiger partial charge in [-0.3, -0.25) is 0 Å². The highest BCUT2D eigenvalue weighted by Gasteiger charge is 2.30. The maximum Gasteiger partial charge on any atom is 0.142 e. The molecule has 16 heavy (non-hydrogen) atoms. The summed E-state index contributed by atoms with van der Waals surface area (Å²) in [6.45, 7) is 0. The van der Waals surface area contributed by atoms with Crippen LogP contribution in [0, 0.1) is 5.82 Å². The van der Waals surface area contributed by atoms with Crippen molar-refractivity contribution in [3.05, 3.63) is 34.6 Å². The average Bonchev–Trinajstić information content (AvgIpc) is 2.26. The zero-order valence-electron chi connectivity index (χ0n) is 9.18. The van der Waals surface area contributed by atoms with E-state index >= 15 is 0 Å². The summed E-state index contributed by atoms with van der Waals surface area (Å²) in [4.78, 5) is 0. The fourth-order valence-corrected chi connectivity index (χ4v) is 2.62. The third-order valence-electron chi connectivity index (χ3n) is 3.34. The van der Waals surface area contributed by atoms with Gasteiger partial charge in [0.1, 0.15) is 5.82 Å². The van der Waals surface area contributed by atoms with E-state index in [9.17, 15) is 9.50 Å². The van der Waals surface area contributed by atoms with Gasteiger partial charge in [-0.25, -0.2) is 4.39 Å². The van der Waals surface area contributed by atoms with Gasteiger partial charge in [0.25, 0.3) is 0 Å². The number of rotatable bonds is 2. The van der Waals surface area contributed by atoms with Crippen molar-refractivity contribution in [3.8, 4) is 0 Å². The van der Waals surface area contributed by atoms with Crippen LogP contribution in [0.4, 0.5) is 4.39 Å². The van der Waals surface area contributed by atoms with Gasteiger partial charge in [0.2, 0.25) is 0 Å². The Morgan fingerprint density at radius 1 is 1.25 bits per heavy atom. The van der Waals surface area contributed by atoms with E-state index in [1.807, 2.05) is 0 Å². The maximum absolute atomic E-state index is 13.2. The van der Waals surface area contributed by atoms with Crippen molar-refractivity contribution in [2.45, 2.75) is 44.1 Å². The Hall–Kier alpha value is -0.600. The molecular formula is C13H16ClFO. The molecule has 0 aliphatic heterocycles. The molecule has 0 saturated heterocycles. The van der Waals surface area contributed by atoms with E-state index in [0.29, 0.717) is 12.0 Å². The number of benzene rings is 1. The quantitative estimate of drug-likeness (QED) is 0.838. The highest BCUT2D eigenvalue weighted by atomic mass is 35.5. The van der Waals surface area contributed by atoms with Gasteiger partial charge in [-0.2, -0.15) is 0 Å². The first-order valence-electron chi connectivity index (χ1n) is 5.76. The summed E-state index contributed by atoms with van der Waals surface area (Å²) < 4.78 is 13.2. The summed E-state index contributed by atoms with van der Waals surface area (Å²) in [5, 5.41) is 10.5. The Morgan fingerprint density at radius 3 is 2.62 bits per heavy atom. The minimum atomic E-state index is -0.685. The lowest BCUT2D eigenvalue weighted by Crippen LogP contribution is -2.33. The van der Waals surface area contributed by atoms with Crippen LogP contribution in [-0.2, 0) is 6.42 Å². The second-order valence-electron chi connectivity index (χ2n) is 4.67. The van der Waals surface area contributed by atoms with Crippen LogP contribution in [0.25, 0.3) is 0 Å². The minimum absolute atomic E-state index is 0.154. The van der Waals surface area contributed by atoms with E-state index in [2.05, 4.69) is 0 Å². The molecule has 0 amide bonds. The van der Waals surface area contributed by atoms with Crippen LogP contribution in [-0.4, -0.2) is 10.7 Å². The lowest BCUT2D eigenvalue weighted by molar-refractivity contribution is 0.00446. The zero-order chi connectivity index (χ0) is 11.6. The van der Waals surface area contributed by atoms with Crippen LogP contribution in [0.2, 0.25) is 5.02 Å². The first-order valence-corrected chi connectivity index (χ1v) is 6.14. The lowest BCUT2D eigenvalue weighted by Gasteiger charge is -2.32. The van der Waals surface area contributed by atoms with Gasteiger partial charge in [-0.05, 0) is 24.5 Å². The van der Waals surface area contributed by atoms with E-state index in [1.54, 1.807) is 12.1 Å². The Morgan fingerprint density at radius 2 is 1.94 bits per heavy atom. The third-order valence-corrected chi connectivity index (χ3v) is 3.76. The zero-order valence-corrected chi connectivity index (χ0v) is 9.93. The molecule has 0 radical (unpaired) electrons. The SMILES string of the molecule is OC1(Cc2cccc(F)c2Cl)CCCCC1. The highest BCUT2D eigenvalue weighted by Crippen LogP contribution is 2.33. The largest absolute Gasteiger partial charge is 0.390 e. The molecular weight excluding hydrogens is 227 g/mol. The van der Waals surface area contributed by atoms with E-state index < -0.39 is 11.4 Å². The second-order valence-corrected chi connectivity index (χ2v) is 5.05. The first-order chi connectivity index (χ1) is 7.61. The summed E-state index contributed by atoms with van der Waals surface area (Å²) in [5.74, 6) is -0.404. The van der Waals surface area contributed by atoms with Gasteiger partial charge in [0, 0.05) is 6.42 Å². The standard InChI is InChI=1S/C13H16ClFO/c14-12-10(5-4-6-11(12)15)9-13(16)7-2-1-3-8-13/h4-6,16H,1-3,7-9H2. The molecule has 1 nitrogen and oxygen atoms in total. The summed E-state index contributed by atoms with van der Waals surface area (Å²) in [6, 6.07) is 4.78. The molecule has 0 unspecified atom stereocenters. The smallest absolute Gasteiger partial charge is 0.142 e. The Labute approximate surface area is 100 Å². The maximum atomic E-state index is 13.2. The molecule has 3 heteroatoms. The van der Waals surface area contributed by atoms with E-state index in [0.717, 1.165) is 25.7 Å². The molecule has 1 fully saturated rings. The Balaban J connectivity index is 2.16. The topological polar surface area (TPSA) is 20.2 Å². The van der Waals surface area contributed by atoms with Gasteiger partial charge in [0.05, 0.1) is 10.6 Å². The fourth-order valence-electron chi connectivity index (χ4n) is 2.43. The molecule has 0 aromatic heterocycles. The normalized spacial score (nSPS) is 19.7. The third kappa shape index (κ3) is 2.55. The summed E-state index contributed by atoms with van der Waals surface area (Å²) >= 11 is 5.89. The number of hydrogen-bond acceptors (Lipinski definition) is 1. The predicted molar refractivity (Wildman–Crippen MR) is 63.1 cm³/mol. The van der Waals surface area contributed by atoms with Gasteiger partial charge in [-0.15, -0.1) is 0 Å².